The van der Waals surface area contributed by atoms with E-state index in [4.69, 9.17) is 4.18 Å². The number of nitrogens with one attached hydrogen (secondary N) is 1. The number of carbonyl (C=O) groups is 1. The fourth-order valence-corrected chi connectivity index (χ4v) is 3.06. The maximum absolute atomic E-state index is 11.9. The Morgan fingerprint density at radius 2 is 2.11 bits per heavy atom. The fraction of sp³-hybridized carbons (Fsp3) is 0.583. The van der Waals surface area contributed by atoms with Crippen molar-refractivity contribution in [3.05, 3.63) is 22.6 Å². The second-order valence-corrected chi connectivity index (χ2v) is 6.36. The molecular formula is C12H17NO4S. The van der Waals surface area contributed by atoms with Crippen molar-refractivity contribution < 1.29 is 17.4 Å². The zero-order valence-corrected chi connectivity index (χ0v) is 11.1. The van der Waals surface area contributed by atoms with Crippen molar-refractivity contribution in [1.29, 1.82) is 0 Å². The number of hydrogen-bond acceptors (Lipinski definition) is 4. The van der Waals surface area contributed by atoms with Crippen LogP contribution >= 0.6 is 0 Å². The Balaban J connectivity index is 1.94. The summed E-state index contributed by atoms with van der Waals surface area (Å²) in [6.07, 6.45) is 5.71. The van der Waals surface area contributed by atoms with Crippen molar-refractivity contribution in [3.8, 4) is 0 Å². The van der Waals surface area contributed by atoms with Crippen LogP contribution in [-0.2, 0) is 19.1 Å². The van der Waals surface area contributed by atoms with E-state index < -0.39 is 10.1 Å². The zero-order chi connectivity index (χ0) is 13.2. The van der Waals surface area contributed by atoms with Crippen LogP contribution < -0.4 is 5.32 Å². The third kappa shape index (κ3) is 3.20. The molecule has 0 spiro atoms. The summed E-state index contributed by atoms with van der Waals surface area (Å²) in [5.41, 5.74) is 1.16. The highest BCUT2D eigenvalue weighted by Gasteiger charge is 2.25. The van der Waals surface area contributed by atoms with Gasteiger partial charge >= 0.3 is 0 Å². The van der Waals surface area contributed by atoms with Gasteiger partial charge in [0.1, 0.15) is 0 Å². The van der Waals surface area contributed by atoms with Gasteiger partial charge in [0.15, 0.2) is 0 Å². The topological polar surface area (TPSA) is 72.5 Å². The van der Waals surface area contributed by atoms with Gasteiger partial charge in [-0.3, -0.25) is 8.98 Å². The molecule has 0 aromatic rings. The van der Waals surface area contributed by atoms with Crippen LogP contribution in [0.4, 0.5) is 0 Å². The average molecular weight is 271 g/mol. The number of hydrogen-bond donors (Lipinski definition) is 1. The Hall–Kier alpha value is -1.14. The first kappa shape index (κ1) is 13.3. The van der Waals surface area contributed by atoms with Crippen molar-refractivity contribution in [2.75, 3.05) is 6.61 Å². The second-order valence-electron chi connectivity index (χ2n) is 4.69. The van der Waals surface area contributed by atoms with E-state index in [9.17, 15) is 13.2 Å². The predicted octanol–water partition coefficient (Wildman–Crippen LogP) is 1.24. The second kappa shape index (κ2) is 5.24. The molecule has 5 nitrogen and oxygen atoms in total. The first-order valence-corrected chi connectivity index (χ1v) is 7.43. The predicted molar refractivity (Wildman–Crippen MR) is 67.1 cm³/mol. The van der Waals surface area contributed by atoms with E-state index in [0.717, 1.165) is 12.0 Å². The highest BCUT2D eigenvalue weighted by Crippen LogP contribution is 2.23. The molecule has 2 aliphatic rings. The van der Waals surface area contributed by atoms with E-state index in [1.807, 2.05) is 6.92 Å². The Kier molecular flexibility index (Phi) is 3.87. The quantitative estimate of drug-likeness (QED) is 0.781. The van der Waals surface area contributed by atoms with Crippen LogP contribution in [0.3, 0.4) is 0 Å². The van der Waals surface area contributed by atoms with Gasteiger partial charge in [-0.05, 0) is 32.3 Å². The maximum atomic E-state index is 11.9. The molecule has 0 radical (unpaired) electrons. The molecule has 0 aromatic carbocycles. The molecule has 1 fully saturated rings. The Morgan fingerprint density at radius 1 is 1.33 bits per heavy atom. The number of amides is 1. The molecular weight excluding hydrogens is 254 g/mol. The molecule has 1 aliphatic carbocycles. The monoisotopic (exact) mass is 271 g/mol. The van der Waals surface area contributed by atoms with E-state index in [0.29, 0.717) is 24.2 Å². The molecule has 0 unspecified atom stereocenters. The van der Waals surface area contributed by atoms with Crippen LogP contribution in [0.2, 0.25) is 0 Å². The summed E-state index contributed by atoms with van der Waals surface area (Å²) in [4.78, 5) is 11.3. The summed E-state index contributed by atoms with van der Waals surface area (Å²) in [5.74, 6) is -0.0450. The summed E-state index contributed by atoms with van der Waals surface area (Å²) < 4.78 is 28.8. The molecule has 2 rings (SSSR count). The molecule has 0 aromatic heterocycles. The Bertz CT molecular complexity index is 504. The minimum atomic E-state index is -3.65. The van der Waals surface area contributed by atoms with Gasteiger partial charge in [0.2, 0.25) is 5.91 Å². The van der Waals surface area contributed by atoms with Gasteiger partial charge in [-0.2, -0.15) is 8.42 Å². The molecule has 1 saturated heterocycles. The fourth-order valence-electron chi connectivity index (χ4n) is 1.98. The summed E-state index contributed by atoms with van der Waals surface area (Å²) in [6.45, 7) is 1.99. The van der Waals surface area contributed by atoms with Crippen LogP contribution in [0.1, 0.15) is 32.6 Å². The van der Waals surface area contributed by atoms with Crippen molar-refractivity contribution in [1.82, 2.24) is 5.32 Å². The highest BCUT2D eigenvalue weighted by molar-refractivity contribution is 7.90. The first-order chi connectivity index (χ1) is 8.47. The molecule has 0 bridgehead atoms. The van der Waals surface area contributed by atoms with Crippen LogP contribution in [0.15, 0.2) is 22.6 Å². The maximum Gasteiger partial charge on any atom is 0.293 e. The van der Waals surface area contributed by atoms with Crippen LogP contribution in [-0.4, -0.2) is 27.0 Å². The summed E-state index contributed by atoms with van der Waals surface area (Å²) >= 11 is 0. The third-order valence-corrected chi connectivity index (χ3v) is 4.58. The summed E-state index contributed by atoms with van der Waals surface area (Å²) in [5, 5.41) is 2.68. The normalized spacial score (nSPS) is 24.5. The third-order valence-electron chi connectivity index (χ3n) is 3.15. The summed E-state index contributed by atoms with van der Waals surface area (Å²) in [7, 11) is -3.65. The lowest BCUT2D eigenvalue weighted by Crippen LogP contribution is -2.31. The van der Waals surface area contributed by atoms with Crippen molar-refractivity contribution >= 4 is 16.0 Å². The van der Waals surface area contributed by atoms with Gasteiger partial charge in [0.05, 0.1) is 17.6 Å². The van der Waals surface area contributed by atoms with Gasteiger partial charge in [0.25, 0.3) is 10.1 Å². The van der Waals surface area contributed by atoms with Gasteiger partial charge in [-0.25, -0.2) is 0 Å². The van der Waals surface area contributed by atoms with E-state index in [1.54, 1.807) is 12.2 Å². The van der Waals surface area contributed by atoms with Crippen molar-refractivity contribution in [2.45, 2.75) is 38.6 Å². The minimum Gasteiger partial charge on any atom is -0.351 e. The smallest absolute Gasteiger partial charge is 0.293 e. The standard InChI is InChI=1S/C12H17NO4S/c1-9-2-5-11(6-3-9)18(15,16)17-8-10-4-7-12(14)13-10/h2,5,10H,3-4,6-8H2,1H3,(H,13,14)/t10-/m1/s1. The van der Waals surface area contributed by atoms with Crippen molar-refractivity contribution in [2.24, 2.45) is 0 Å². The van der Waals surface area contributed by atoms with E-state index in [1.165, 1.54) is 0 Å². The molecule has 1 amide bonds. The van der Waals surface area contributed by atoms with Crippen LogP contribution in [0.25, 0.3) is 0 Å². The molecule has 1 N–H and O–H groups in total. The number of allylic oxidation sites excluding steroid dienone is 4. The van der Waals surface area contributed by atoms with Crippen molar-refractivity contribution in [3.63, 3.8) is 0 Å². The SMILES string of the molecule is CC1=CC=C(S(=O)(=O)OC[C@H]2CCC(=O)N2)CC1. The van der Waals surface area contributed by atoms with Crippen LogP contribution in [0.5, 0.6) is 0 Å². The van der Waals surface area contributed by atoms with E-state index in [-0.39, 0.29) is 18.6 Å². The van der Waals surface area contributed by atoms with Gasteiger partial charge in [-0.15, -0.1) is 0 Å². The molecule has 1 atom stereocenters. The lowest BCUT2D eigenvalue weighted by atomic mass is 10.1. The Morgan fingerprint density at radius 3 is 2.67 bits per heavy atom. The number of rotatable bonds is 4. The van der Waals surface area contributed by atoms with Gasteiger partial charge in [-0.1, -0.05) is 11.6 Å². The molecule has 0 saturated carbocycles. The van der Waals surface area contributed by atoms with Crippen LogP contribution in [0, 0.1) is 0 Å². The van der Waals surface area contributed by atoms with Gasteiger partial charge < -0.3 is 5.32 Å². The average Bonchev–Trinajstić information content (AvgIpc) is 2.73. The minimum absolute atomic E-state index is 0.0219. The lowest BCUT2D eigenvalue weighted by Gasteiger charge is -2.14. The lowest BCUT2D eigenvalue weighted by molar-refractivity contribution is -0.119. The largest absolute Gasteiger partial charge is 0.351 e. The zero-order valence-electron chi connectivity index (χ0n) is 10.3. The van der Waals surface area contributed by atoms with E-state index >= 15 is 0 Å². The van der Waals surface area contributed by atoms with E-state index in [2.05, 4.69) is 5.32 Å². The first-order valence-electron chi connectivity index (χ1n) is 6.02. The molecule has 6 heteroatoms. The van der Waals surface area contributed by atoms with Gasteiger partial charge in [0, 0.05) is 6.42 Å². The molecule has 100 valence electrons. The number of carbonyl (C=O) groups excluding carboxylic acids is 1. The summed E-state index contributed by atoms with van der Waals surface area (Å²) in [6, 6.07) is -0.186. The molecule has 1 heterocycles. The Labute approximate surface area is 107 Å². The molecule has 1 aliphatic heterocycles. The highest BCUT2D eigenvalue weighted by atomic mass is 32.2. The molecule has 18 heavy (non-hydrogen) atoms.